The van der Waals surface area contributed by atoms with Gasteiger partial charge in [0.15, 0.2) is 0 Å². The lowest BCUT2D eigenvalue weighted by Gasteiger charge is -2.37. The van der Waals surface area contributed by atoms with Gasteiger partial charge in [-0.1, -0.05) is 46.1 Å². The zero-order valence-corrected chi connectivity index (χ0v) is 10.3. The number of hydrogen-bond donors (Lipinski definition) is 0. The number of rotatable bonds is 3. The van der Waals surface area contributed by atoms with E-state index in [1.807, 2.05) is 0 Å². The van der Waals surface area contributed by atoms with Crippen LogP contribution < -0.4 is 0 Å². The summed E-state index contributed by atoms with van der Waals surface area (Å²) in [7, 11) is 0.232. The topological polar surface area (TPSA) is 0 Å². The standard InChI is InChI=1S/C13H21P/c1-3-13(4-2)10-7-11-14(13)12-8-5-6-9-12/h5-6,8-9,12H,3-4,7,10-11H2,1-2H3. The van der Waals surface area contributed by atoms with Crippen LogP contribution in [-0.2, 0) is 0 Å². The molecule has 0 aromatic carbocycles. The highest BCUT2D eigenvalue weighted by Crippen LogP contribution is 2.65. The molecule has 1 heteroatoms. The highest BCUT2D eigenvalue weighted by Gasteiger charge is 2.42. The third kappa shape index (κ3) is 1.58. The van der Waals surface area contributed by atoms with E-state index in [0.29, 0.717) is 0 Å². The molecule has 1 unspecified atom stereocenters. The largest absolute Gasteiger partial charge is 0.0893 e. The molecule has 0 N–H and O–H groups in total. The van der Waals surface area contributed by atoms with Gasteiger partial charge in [0, 0.05) is 5.66 Å². The van der Waals surface area contributed by atoms with Crippen LogP contribution in [0.25, 0.3) is 0 Å². The van der Waals surface area contributed by atoms with Gasteiger partial charge in [-0.3, -0.25) is 0 Å². The van der Waals surface area contributed by atoms with Crippen LogP contribution in [0.2, 0.25) is 0 Å². The van der Waals surface area contributed by atoms with Gasteiger partial charge >= 0.3 is 0 Å². The van der Waals surface area contributed by atoms with Crippen LogP contribution in [0, 0.1) is 0 Å². The Bertz CT molecular complexity index is 236. The summed E-state index contributed by atoms with van der Waals surface area (Å²) in [4.78, 5) is 0. The molecule has 0 aromatic rings. The molecule has 0 saturated carbocycles. The monoisotopic (exact) mass is 208 g/mol. The molecule has 1 heterocycles. The Balaban J connectivity index is 2.16. The molecule has 1 saturated heterocycles. The van der Waals surface area contributed by atoms with E-state index in [1.165, 1.54) is 31.8 Å². The van der Waals surface area contributed by atoms with Crippen molar-refractivity contribution in [3.63, 3.8) is 0 Å². The Kier molecular flexibility index (Phi) is 3.12. The van der Waals surface area contributed by atoms with Gasteiger partial charge in [0.05, 0.1) is 0 Å². The van der Waals surface area contributed by atoms with E-state index in [1.54, 1.807) is 0 Å². The van der Waals surface area contributed by atoms with Crippen molar-refractivity contribution < 1.29 is 0 Å². The maximum absolute atomic E-state index is 2.43. The minimum absolute atomic E-state index is 0.232. The van der Waals surface area contributed by atoms with Gasteiger partial charge in [0.1, 0.15) is 0 Å². The first-order valence-corrected chi connectivity index (χ1v) is 7.54. The smallest absolute Gasteiger partial charge is 0.0161 e. The molecule has 0 aromatic heterocycles. The van der Waals surface area contributed by atoms with Gasteiger partial charge < -0.3 is 0 Å². The Morgan fingerprint density at radius 2 is 1.86 bits per heavy atom. The summed E-state index contributed by atoms with van der Waals surface area (Å²) in [6.45, 7) is 4.79. The highest BCUT2D eigenvalue weighted by molar-refractivity contribution is 7.60. The Hall–Kier alpha value is -0.0900. The molecule has 0 spiro atoms. The minimum Gasteiger partial charge on any atom is -0.0893 e. The molecule has 2 rings (SSSR count). The fraction of sp³-hybridized carbons (Fsp3) is 0.692. The third-order valence-corrected chi connectivity index (χ3v) is 7.99. The average Bonchev–Trinajstić information content (AvgIpc) is 2.86. The summed E-state index contributed by atoms with van der Waals surface area (Å²) >= 11 is 0. The molecule has 0 nitrogen and oxygen atoms in total. The van der Waals surface area contributed by atoms with Gasteiger partial charge in [0.2, 0.25) is 0 Å². The molecule has 78 valence electrons. The lowest BCUT2D eigenvalue weighted by atomic mass is 9.97. The van der Waals surface area contributed by atoms with E-state index >= 15 is 0 Å². The molecular weight excluding hydrogens is 187 g/mol. The normalized spacial score (nSPS) is 30.3. The van der Waals surface area contributed by atoms with Crippen LogP contribution in [0.4, 0.5) is 0 Å². The molecule has 14 heavy (non-hydrogen) atoms. The predicted octanol–water partition coefficient (Wildman–Crippen LogP) is 4.32. The van der Waals surface area contributed by atoms with Gasteiger partial charge in [-0.2, -0.15) is 0 Å². The molecule has 1 atom stereocenters. The molecule has 2 aliphatic rings. The van der Waals surface area contributed by atoms with Crippen LogP contribution in [0.3, 0.4) is 0 Å². The lowest BCUT2D eigenvalue weighted by molar-refractivity contribution is 0.517. The molecular formula is C13H21P. The van der Waals surface area contributed by atoms with Crippen molar-refractivity contribution >= 4 is 7.92 Å². The van der Waals surface area contributed by atoms with Crippen molar-refractivity contribution in [3.8, 4) is 0 Å². The van der Waals surface area contributed by atoms with Crippen molar-refractivity contribution in [1.29, 1.82) is 0 Å². The van der Waals surface area contributed by atoms with Crippen molar-refractivity contribution in [2.75, 3.05) is 6.16 Å². The van der Waals surface area contributed by atoms with Crippen molar-refractivity contribution in [3.05, 3.63) is 24.3 Å². The number of hydrogen-bond acceptors (Lipinski definition) is 0. The SMILES string of the molecule is CCC1(CC)CCCP1C1C=CC=C1. The fourth-order valence-corrected chi connectivity index (χ4v) is 6.84. The van der Waals surface area contributed by atoms with Crippen LogP contribution in [0.15, 0.2) is 24.3 Å². The van der Waals surface area contributed by atoms with E-state index in [0.717, 1.165) is 10.8 Å². The summed E-state index contributed by atoms with van der Waals surface area (Å²) < 4.78 is 0. The average molecular weight is 208 g/mol. The maximum Gasteiger partial charge on any atom is 0.0161 e. The second-order valence-electron chi connectivity index (χ2n) is 4.49. The first-order valence-electron chi connectivity index (χ1n) is 5.94. The number of allylic oxidation sites excluding steroid dienone is 4. The van der Waals surface area contributed by atoms with E-state index < -0.39 is 0 Å². The molecule has 0 bridgehead atoms. The first kappa shape index (κ1) is 10.4. The Morgan fingerprint density at radius 1 is 1.21 bits per heavy atom. The van der Waals surface area contributed by atoms with Crippen LogP contribution in [0.1, 0.15) is 39.5 Å². The quantitative estimate of drug-likeness (QED) is 0.606. The van der Waals surface area contributed by atoms with E-state index in [-0.39, 0.29) is 7.92 Å². The summed E-state index contributed by atoms with van der Waals surface area (Å²) in [5, 5.41) is 0.721. The van der Waals surface area contributed by atoms with Crippen molar-refractivity contribution in [2.24, 2.45) is 0 Å². The summed E-state index contributed by atoms with van der Waals surface area (Å²) in [5.74, 6) is 0. The zero-order chi connectivity index (χ0) is 10.0. The summed E-state index contributed by atoms with van der Waals surface area (Å²) in [5.41, 5.74) is 0.812. The molecule has 1 aliphatic heterocycles. The van der Waals surface area contributed by atoms with Crippen LogP contribution in [0.5, 0.6) is 0 Å². The second kappa shape index (κ2) is 4.19. The van der Waals surface area contributed by atoms with Gasteiger partial charge in [-0.25, -0.2) is 0 Å². The second-order valence-corrected chi connectivity index (χ2v) is 7.42. The van der Waals surface area contributed by atoms with Gasteiger partial charge in [-0.05, 0) is 37.0 Å². The Morgan fingerprint density at radius 3 is 2.43 bits per heavy atom. The first-order chi connectivity index (χ1) is 6.82. The highest BCUT2D eigenvalue weighted by atomic mass is 31.1. The van der Waals surface area contributed by atoms with Gasteiger partial charge in [-0.15, -0.1) is 0 Å². The van der Waals surface area contributed by atoms with E-state index in [9.17, 15) is 0 Å². The fourth-order valence-electron chi connectivity index (χ4n) is 3.06. The van der Waals surface area contributed by atoms with E-state index in [4.69, 9.17) is 0 Å². The van der Waals surface area contributed by atoms with Crippen molar-refractivity contribution in [2.45, 2.75) is 50.3 Å². The minimum atomic E-state index is 0.232. The van der Waals surface area contributed by atoms with Gasteiger partial charge in [0.25, 0.3) is 0 Å². The maximum atomic E-state index is 2.43. The molecule has 1 aliphatic carbocycles. The predicted molar refractivity (Wildman–Crippen MR) is 66.4 cm³/mol. The zero-order valence-electron chi connectivity index (χ0n) is 9.37. The van der Waals surface area contributed by atoms with Crippen molar-refractivity contribution in [1.82, 2.24) is 0 Å². The molecule has 1 fully saturated rings. The van der Waals surface area contributed by atoms with E-state index in [2.05, 4.69) is 38.2 Å². The van der Waals surface area contributed by atoms with Crippen LogP contribution in [-0.4, -0.2) is 17.0 Å². The molecule has 0 amide bonds. The Labute approximate surface area is 89.2 Å². The molecule has 0 radical (unpaired) electrons. The lowest BCUT2D eigenvalue weighted by Crippen LogP contribution is -2.24. The third-order valence-electron chi connectivity index (χ3n) is 4.05. The summed E-state index contributed by atoms with van der Waals surface area (Å²) in [6, 6.07) is 0. The van der Waals surface area contributed by atoms with Crippen LogP contribution >= 0.6 is 7.92 Å². The summed E-state index contributed by atoms with van der Waals surface area (Å²) in [6.07, 6.45) is 16.6.